The Morgan fingerprint density at radius 1 is 1.20 bits per heavy atom. The van der Waals surface area contributed by atoms with Gasteiger partial charge in [-0.1, -0.05) is 12.1 Å². The minimum absolute atomic E-state index is 0.228. The number of nitrogen functional groups attached to an aromatic ring is 1. The fourth-order valence-electron chi connectivity index (χ4n) is 1.67. The molecule has 0 radical (unpaired) electrons. The molecule has 0 saturated carbocycles. The maximum Gasteiger partial charge on any atom is 0.264 e. The number of nitrogens with two attached hydrogens (primary N) is 1. The third-order valence-electron chi connectivity index (χ3n) is 2.61. The molecule has 0 fully saturated rings. The van der Waals surface area contributed by atoms with Crippen LogP contribution in [0.4, 0.5) is 15.8 Å². The summed E-state index contributed by atoms with van der Waals surface area (Å²) in [6.45, 7) is 0. The summed E-state index contributed by atoms with van der Waals surface area (Å²) >= 11 is 0. The highest BCUT2D eigenvalue weighted by Gasteiger charge is 2.18. The lowest BCUT2D eigenvalue weighted by molar-refractivity contribution is 0.417. The third kappa shape index (κ3) is 2.83. The number of nitrogens with one attached hydrogen (secondary N) is 1. The molecule has 0 bridgehead atoms. The molecule has 0 atom stereocenters. The molecule has 106 valence electrons. The summed E-state index contributed by atoms with van der Waals surface area (Å²) in [5, 5.41) is 0. The third-order valence-corrected chi connectivity index (χ3v) is 4.02. The van der Waals surface area contributed by atoms with Crippen molar-refractivity contribution in [1.29, 1.82) is 0 Å². The number of benzene rings is 2. The van der Waals surface area contributed by atoms with Crippen molar-refractivity contribution in [2.24, 2.45) is 0 Å². The van der Waals surface area contributed by atoms with Crippen molar-refractivity contribution >= 4 is 21.4 Å². The molecule has 0 aliphatic heterocycles. The van der Waals surface area contributed by atoms with E-state index >= 15 is 0 Å². The smallest absolute Gasteiger partial charge is 0.264 e. The summed E-state index contributed by atoms with van der Waals surface area (Å²) in [6, 6.07) is 9.53. The van der Waals surface area contributed by atoms with E-state index in [2.05, 4.69) is 4.72 Å². The number of sulfonamides is 1. The molecule has 3 N–H and O–H groups in total. The Labute approximate surface area is 116 Å². The van der Waals surface area contributed by atoms with Crippen molar-refractivity contribution in [3.63, 3.8) is 0 Å². The van der Waals surface area contributed by atoms with Gasteiger partial charge in [0, 0.05) is 0 Å². The first-order chi connectivity index (χ1) is 9.44. The van der Waals surface area contributed by atoms with E-state index in [0.29, 0.717) is 5.75 Å². The second kappa shape index (κ2) is 5.38. The van der Waals surface area contributed by atoms with Crippen LogP contribution in [0.3, 0.4) is 0 Å². The maximum absolute atomic E-state index is 13.5. The maximum atomic E-state index is 13.5. The lowest BCUT2D eigenvalue weighted by Gasteiger charge is -2.11. The van der Waals surface area contributed by atoms with Gasteiger partial charge < -0.3 is 10.5 Å². The first-order valence-corrected chi connectivity index (χ1v) is 7.13. The molecule has 0 spiro atoms. The Kier molecular flexibility index (Phi) is 3.80. The zero-order chi connectivity index (χ0) is 14.8. The molecule has 2 aromatic rings. The van der Waals surface area contributed by atoms with Crippen LogP contribution in [0, 0.1) is 5.82 Å². The van der Waals surface area contributed by atoms with Gasteiger partial charge >= 0.3 is 0 Å². The Bertz CT molecular complexity index is 732. The van der Waals surface area contributed by atoms with Gasteiger partial charge in [0.05, 0.1) is 18.5 Å². The first-order valence-electron chi connectivity index (χ1n) is 5.65. The molecule has 0 unspecified atom stereocenters. The Balaban J connectivity index is 2.34. The Morgan fingerprint density at radius 3 is 2.50 bits per heavy atom. The van der Waals surface area contributed by atoms with Gasteiger partial charge in [-0.05, 0) is 30.3 Å². The van der Waals surface area contributed by atoms with Crippen LogP contribution in [0.25, 0.3) is 0 Å². The molecular weight excluding hydrogens is 283 g/mol. The summed E-state index contributed by atoms with van der Waals surface area (Å²) in [5.41, 5.74) is 6.19. The van der Waals surface area contributed by atoms with Crippen molar-refractivity contribution in [3.8, 4) is 5.75 Å². The van der Waals surface area contributed by atoms with Gasteiger partial charge in [-0.25, -0.2) is 12.8 Å². The molecule has 0 aliphatic rings. The van der Waals surface area contributed by atoms with Gasteiger partial charge in [-0.15, -0.1) is 0 Å². The van der Waals surface area contributed by atoms with E-state index < -0.39 is 20.7 Å². The highest BCUT2D eigenvalue weighted by Crippen LogP contribution is 2.26. The predicted octanol–water partition coefficient (Wildman–Crippen LogP) is 2.22. The summed E-state index contributed by atoms with van der Waals surface area (Å²) in [5.74, 6) is -0.389. The predicted molar refractivity (Wildman–Crippen MR) is 74.6 cm³/mol. The Hall–Kier alpha value is -2.28. The van der Waals surface area contributed by atoms with Crippen LogP contribution in [0.1, 0.15) is 0 Å². The lowest BCUT2D eigenvalue weighted by atomic mass is 10.2. The average molecular weight is 296 g/mol. The molecule has 7 heteroatoms. The fourth-order valence-corrected chi connectivity index (χ4v) is 2.80. The topological polar surface area (TPSA) is 81.4 Å². The number of anilines is 2. The van der Waals surface area contributed by atoms with Crippen molar-refractivity contribution in [3.05, 3.63) is 48.3 Å². The molecule has 0 aliphatic carbocycles. The standard InChI is InChI=1S/C13H13FN2O3S/c1-19-12-7-6-9(8-11(12)15)16-20(17,18)13-5-3-2-4-10(13)14/h2-8,16H,15H2,1H3. The second-order valence-corrected chi connectivity index (χ2v) is 5.64. The van der Waals surface area contributed by atoms with Gasteiger partial charge in [0.2, 0.25) is 0 Å². The SMILES string of the molecule is COc1ccc(NS(=O)(=O)c2ccccc2F)cc1N. The summed E-state index contributed by atoms with van der Waals surface area (Å²) < 4.78 is 44.9. The Morgan fingerprint density at radius 2 is 1.90 bits per heavy atom. The van der Waals surface area contributed by atoms with E-state index in [1.807, 2.05) is 0 Å². The van der Waals surface area contributed by atoms with Crippen LogP contribution in [0.5, 0.6) is 5.75 Å². The molecule has 5 nitrogen and oxygen atoms in total. The van der Waals surface area contributed by atoms with Crippen molar-refractivity contribution in [2.75, 3.05) is 17.6 Å². The van der Waals surface area contributed by atoms with Gasteiger partial charge in [-0.3, -0.25) is 4.72 Å². The molecule has 0 aromatic heterocycles. The number of ether oxygens (including phenoxy) is 1. The molecular formula is C13H13FN2O3S. The lowest BCUT2D eigenvalue weighted by Crippen LogP contribution is -2.14. The van der Waals surface area contributed by atoms with E-state index in [1.54, 1.807) is 0 Å². The van der Waals surface area contributed by atoms with Crippen molar-refractivity contribution in [2.45, 2.75) is 4.90 Å². The normalized spacial score (nSPS) is 11.1. The first kappa shape index (κ1) is 14.1. The van der Waals surface area contributed by atoms with Gasteiger partial charge in [0.15, 0.2) is 0 Å². The monoisotopic (exact) mass is 296 g/mol. The quantitative estimate of drug-likeness (QED) is 0.848. The summed E-state index contributed by atoms with van der Waals surface area (Å²) in [7, 11) is -2.55. The van der Waals surface area contributed by atoms with Crippen LogP contribution >= 0.6 is 0 Å². The number of hydrogen-bond acceptors (Lipinski definition) is 4. The number of rotatable bonds is 4. The molecule has 0 saturated heterocycles. The molecule has 0 amide bonds. The van der Waals surface area contributed by atoms with Gasteiger partial charge in [-0.2, -0.15) is 0 Å². The minimum atomic E-state index is -4.00. The largest absolute Gasteiger partial charge is 0.495 e. The van der Waals surface area contributed by atoms with E-state index in [9.17, 15) is 12.8 Å². The van der Waals surface area contributed by atoms with Crippen LogP contribution < -0.4 is 15.2 Å². The van der Waals surface area contributed by atoms with Crippen LogP contribution in [-0.2, 0) is 10.0 Å². The molecule has 2 aromatic carbocycles. The number of hydrogen-bond donors (Lipinski definition) is 2. The van der Waals surface area contributed by atoms with Crippen molar-refractivity contribution < 1.29 is 17.5 Å². The summed E-state index contributed by atoms with van der Waals surface area (Å²) in [6.07, 6.45) is 0. The molecule has 0 heterocycles. The van der Waals surface area contributed by atoms with E-state index in [0.717, 1.165) is 6.07 Å². The second-order valence-electron chi connectivity index (χ2n) is 3.99. The van der Waals surface area contributed by atoms with Crippen LogP contribution in [0.15, 0.2) is 47.4 Å². The zero-order valence-electron chi connectivity index (χ0n) is 10.6. The van der Waals surface area contributed by atoms with Gasteiger partial charge in [0.25, 0.3) is 10.0 Å². The van der Waals surface area contributed by atoms with Gasteiger partial charge in [0.1, 0.15) is 16.5 Å². The van der Waals surface area contributed by atoms with Crippen molar-refractivity contribution in [1.82, 2.24) is 0 Å². The number of halogens is 1. The average Bonchev–Trinajstić information content (AvgIpc) is 2.38. The minimum Gasteiger partial charge on any atom is -0.495 e. The highest BCUT2D eigenvalue weighted by atomic mass is 32.2. The van der Waals surface area contributed by atoms with Crippen LogP contribution in [0.2, 0.25) is 0 Å². The van der Waals surface area contributed by atoms with E-state index in [-0.39, 0.29) is 11.4 Å². The van der Waals surface area contributed by atoms with Crippen LogP contribution in [-0.4, -0.2) is 15.5 Å². The van der Waals surface area contributed by atoms with E-state index in [1.165, 1.54) is 43.5 Å². The van der Waals surface area contributed by atoms with E-state index in [4.69, 9.17) is 10.5 Å². The number of methoxy groups -OCH3 is 1. The molecule has 2 rings (SSSR count). The molecule has 20 heavy (non-hydrogen) atoms. The highest BCUT2D eigenvalue weighted by molar-refractivity contribution is 7.92. The fraction of sp³-hybridized carbons (Fsp3) is 0.0769. The zero-order valence-corrected chi connectivity index (χ0v) is 11.4. The summed E-state index contributed by atoms with van der Waals surface area (Å²) in [4.78, 5) is -0.422.